The maximum atomic E-state index is 11.2. The molecule has 0 aromatic heterocycles. The molecule has 1 aromatic carbocycles. The highest BCUT2D eigenvalue weighted by Gasteiger charge is 2.26. The van der Waals surface area contributed by atoms with Crippen molar-refractivity contribution in [1.29, 1.82) is 0 Å². The van der Waals surface area contributed by atoms with Gasteiger partial charge in [0.15, 0.2) is 0 Å². The second-order valence-corrected chi connectivity index (χ2v) is 7.59. The molecule has 1 atom stereocenters. The Morgan fingerprint density at radius 1 is 1.23 bits per heavy atom. The molecular formula is C18H24N4O4. The predicted octanol–water partition coefficient (Wildman–Crippen LogP) is 5.06. The number of hydrogen-bond acceptors (Lipinski definition) is 6. The highest BCUT2D eigenvalue weighted by Crippen LogP contribution is 2.37. The maximum absolute atomic E-state index is 11.2. The first kappa shape index (κ1) is 19.6. The third kappa shape index (κ3) is 4.65. The van der Waals surface area contributed by atoms with E-state index in [-0.39, 0.29) is 22.5 Å². The van der Waals surface area contributed by atoms with E-state index in [1.807, 2.05) is 6.92 Å². The minimum absolute atomic E-state index is 0.129. The van der Waals surface area contributed by atoms with Crippen LogP contribution in [-0.2, 0) is 0 Å². The van der Waals surface area contributed by atoms with Crippen molar-refractivity contribution >= 4 is 22.8 Å². The highest BCUT2D eigenvalue weighted by molar-refractivity contribution is 5.98. The molecule has 0 heterocycles. The topological polar surface area (TPSA) is 111 Å². The first-order chi connectivity index (χ1) is 12.1. The maximum Gasteiger partial charge on any atom is 0.301 e. The van der Waals surface area contributed by atoms with Crippen molar-refractivity contribution in [2.24, 2.45) is 16.4 Å². The Labute approximate surface area is 152 Å². The average Bonchev–Trinajstić information content (AvgIpc) is 2.58. The summed E-state index contributed by atoms with van der Waals surface area (Å²) in [5.74, 6) is 0.628. The third-order valence-electron chi connectivity index (χ3n) is 4.83. The normalized spacial score (nSPS) is 18.2. The minimum Gasteiger partial charge on any atom is -0.271 e. The van der Waals surface area contributed by atoms with E-state index < -0.39 is 9.85 Å². The summed E-state index contributed by atoms with van der Waals surface area (Å²) in [6.07, 6.45) is 5.18. The number of nitrogens with one attached hydrogen (secondary N) is 1. The van der Waals surface area contributed by atoms with Gasteiger partial charge in [-0.15, -0.1) is 0 Å². The van der Waals surface area contributed by atoms with Gasteiger partial charge in [0.05, 0.1) is 21.6 Å². The van der Waals surface area contributed by atoms with Gasteiger partial charge in [-0.3, -0.25) is 25.7 Å². The van der Waals surface area contributed by atoms with Crippen LogP contribution in [0.15, 0.2) is 34.9 Å². The van der Waals surface area contributed by atoms with E-state index in [1.54, 1.807) is 0 Å². The molecule has 2 rings (SSSR count). The molecule has 0 radical (unpaired) electrons. The Bertz CT molecular complexity index is 778. The van der Waals surface area contributed by atoms with Crippen LogP contribution >= 0.6 is 0 Å². The van der Waals surface area contributed by atoms with Gasteiger partial charge in [-0.05, 0) is 49.2 Å². The summed E-state index contributed by atoms with van der Waals surface area (Å²) in [6, 6.07) is 3.45. The summed E-state index contributed by atoms with van der Waals surface area (Å²) >= 11 is 0. The molecule has 0 spiro atoms. The predicted molar refractivity (Wildman–Crippen MR) is 101 cm³/mol. The molecule has 1 aliphatic rings. The number of nitro groups is 2. The van der Waals surface area contributed by atoms with Crippen molar-refractivity contribution in [3.63, 3.8) is 0 Å². The molecule has 8 heteroatoms. The van der Waals surface area contributed by atoms with Gasteiger partial charge in [-0.2, -0.15) is 5.10 Å². The summed E-state index contributed by atoms with van der Waals surface area (Å²) in [7, 11) is 0. The van der Waals surface area contributed by atoms with Crippen LogP contribution in [0.2, 0.25) is 0 Å². The average molecular weight is 360 g/mol. The molecule has 1 aliphatic carbocycles. The van der Waals surface area contributed by atoms with E-state index in [0.717, 1.165) is 36.6 Å². The molecule has 1 N–H and O–H groups in total. The fourth-order valence-electron chi connectivity index (χ4n) is 3.04. The second-order valence-electron chi connectivity index (χ2n) is 7.59. The summed E-state index contributed by atoms with van der Waals surface area (Å²) in [4.78, 5) is 20.6. The van der Waals surface area contributed by atoms with Crippen molar-refractivity contribution in [2.45, 2.75) is 47.0 Å². The number of hydrazone groups is 1. The number of nitrogens with zero attached hydrogens (tertiary/aromatic N) is 3. The lowest BCUT2D eigenvalue weighted by atomic mass is 9.73. The Morgan fingerprint density at radius 3 is 2.42 bits per heavy atom. The summed E-state index contributed by atoms with van der Waals surface area (Å²) in [5, 5.41) is 26.2. The zero-order valence-electron chi connectivity index (χ0n) is 15.5. The smallest absolute Gasteiger partial charge is 0.271 e. The number of anilines is 1. The lowest BCUT2D eigenvalue weighted by Gasteiger charge is -2.33. The van der Waals surface area contributed by atoms with Crippen LogP contribution in [0.4, 0.5) is 17.1 Å². The molecule has 0 saturated heterocycles. The van der Waals surface area contributed by atoms with Crippen LogP contribution in [0, 0.1) is 31.6 Å². The quantitative estimate of drug-likeness (QED) is 0.448. The van der Waals surface area contributed by atoms with Gasteiger partial charge in [0.1, 0.15) is 5.69 Å². The van der Waals surface area contributed by atoms with Gasteiger partial charge in [-0.25, -0.2) is 0 Å². The molecule has 1 aromatic rings. The van der Waals surface area contributed by atoms with Gasteiger partial charge < -0.3 is 0 Å². The monoisotopic (exact) mass is 360 g/mol. The first-order valence-corrected chi connectivity index (χ1v) is 8.52. The van der Waals surface area contributed by atoms with Gasteiger partial charge in [-0.1, -0.05) is 26.8 Å². The molecule has 0 amide bonds. The fourth-order valence-corrected chi connectivity index (χ4v) is 3.04. The van der Waals surface area contributed by atoms with Crippen LogP contribution in [-0.4, -0.2) is 15.6 Å². The van der Waals surface area contributed by atoms with Crippen LogP contribution in [0.25, 0.3) is 0 Å². The van der Waals surface area contributed by atoms with Crippen molar-refractivity contribution < 1.29 is 9.85 Å². The van der Waals surface area contributed by atoms with Crippen LogP contribution in [0.5, 0.6) is 0 Å². The zero-order chi connectivity index (χ0) is 19.5. The van der Waals surface area contributed by atoms with E-state index in [0.29, 0.717) is 5.92 Å². The zero-order valence-corrected chi connectivity index (χ0v) is 15.5. The van der Waals surface area contributed by atoms with E-state index in [2.05, 4.69) is 37.4 Å². The molecule has 0 aliphatic heterocycles. The molecule has 140 valence electrons. The van der Waals surface area contributed by atoms with Crippen LogP contribution < -0.4 is 5.43 Å². The molecule has 26 heavy (non-hydrogen) atoms. The fraction of sp³-hybridized carbons (Fsp3) is 0.500. The lowest BCUT2D eigenvalue weighted by Crippen LogP contribution is -2.23. The lowest BCUT2D eigenvalue weighted by molar-refractivity contribution is -0.393. The van der Waals surface area contributed by atoms with Gasteiger partial charge in [0.2, 0.25) is 0 Å². The Kier molecular flexibility index (Phi) is 5.74. The molecule has 8 nitrogen and oxygen atoms in total. The minimum atomic E-state index is -0.663. The first-order valence-electron chi connectivity index (χ1n) is 8.52. The van der Waals surface area contributed by atoms with Crippen molar-refractivity contribution in [3.8, 4) is 0 Å². The number of rotatable bonds is 5. The standard InChI is InChI=1S/C18H24N4O4/c1-12(13-5-7-14(8-6-13)18(2,3)4)19-20-16-10-9-15(21(23)24)11-17(16)22(25)26/h5,9-11,14,20H,6-8H2,1-4H3/b19-12+/t14-/m1/s1. The van der Waals surface area contributed by atoms with E-state index in [4.69, 9.17) is 0 Å². The number of hydrogen-bond donors (Lipinski definition) is 1. The molecule has 0 unspecified atom stereocenters. The van der Waals surface area contributed by atoms with E-state index in [1.165, 1.54) is 12.1 Å². The summed E-state index contributed by atoms with van der Waals surface area (Å²) in [6.45, 7) is 8.58. The Morgan fingerprint density at radius 2 is 1.92 bits per heavy atom. The number of allylic oxidation sites excluding steroid dienone is 2. The van der Waals surface area contributed by atoms with Gasteiger partial charge in [0.25, 0.3) is 5.69 Å². The van der Waals surface area contributed by atoms with E-state index >= 15 is 0 Å². The van der Waals surface area contributed by atoms with Crippen molar-refractivity contribution in [1.82, 2.24) is 0 Å². The highest BCUT2D eigenvalue weighted by atomic mass is 16.6. The SMILES string of the molecule is C/C(=N\Nc1ccc([N+](=O)[O-])cc1[N+](=O)[O-])C1=CC[C@@H](C(C)(C)C)CC1. The summed E-state index contributed by atoms with van der Waals surface area (Å²) < 4.78 is 0. The Balaban J connectivity index is 2.16. The van der Waals surface area contributed by atoms with Crippen LogP contribution in [0.1, 0.15) is 47.0 Å². The van der Waals surface area contributed by atoms with Crippen molar-refractivity contribution in [2.75, 3.05) is 5.43 Å². The molecule has 0 fully saturated rings. The number of non-ortho nitro benzene ring substituents is 1. The van der Waals surface area contributed by atoms with E-state index in [9.17, 15) is 20.2 Å². The Hall–Kier alpha value is -2.77. The largest absolute Gasteiger partial charge is 0.301 e. The number of benzene rings is 1. The van der Waals surface area contributed by atoms with Gasteiger partial charge in [0, 0.05) is 6.07 Å². The molecular weight excluding hydrogens is 336 g/mol. The van der Waals surface area contributed by atoms with Crippen molar-refractivity contribution in [3.05, 3.63) is 50.1 Å². The number of nitro benzene ring substituents is 2. The second kappa shape index (κ2) is 7.63. The van der Waals surface area contributed by atoms with Crippen LogP contribution in [0.3, 0.4) is 0 Å². The molecule has 0 bridgehead atoms. The summed E-state index contributed by atoms with van der Waals surface area (Å²) in [5.41, 5.74) is 4.27. The van der Waals surface area contributed by atoms with Gasteiger partial charge >= 0.3 is 5.69 Å². The molecule has 0 saturated carbocycles. The third-order valence-corrected chi connectivity index (χ3v) is 4.83.